The van der Waals surface area contributed by atoms with Gasteiger partial charge in [0.1, 0.15) is 31.1 Å². The van der Waals surface area contributed by atoms with Crippen molar-refractivity contribution in [2.75, 3.05) is 20.8 Å². The van der Waals surface area contributed by atoms with Crippen molar-refractivity contribution in [3.63, 3.8) is 0 Å². The molecular formula is C38H54BClO6Si2. The van der Waals surface area contributed by atoms with Gasteiger partial charge in [0.15, 0.2) is 0 Å². The van der Waals surface area contributed by atoms with Crippen molar-refractivity contribution in [3.05, 3.63) is 95.6 Å². The molecule has 1 unspecified atom stereocenters. The fraction of sp³-hybridized carbons (Fsp3) is 0.526. The smallest absolute Gasteiger partial charge is 0.334 e. The van der Waals surface area contributed by atoms with Crippen LogP contribution in [0.3, 0.4) is 0 Å². The highest BCUT2D eigenvalue weighted by atomic mass is 35.6. The maximum absolute atomic E-state index is 7.47. The van der Waals surface area contributed by atoms with Crippen molar-refractivity contribution < 1.29 is 27.5 Å². The average molecular weight is 709 g/mol. The molecule has 0 bridgehead atoms. The number of ether oxygens (including phenoxy) is 4. The molecule has 0 N–H and O–H groups in total. The predicted molar refractivity (Wildman–Crippen MR) is 201 cm³/mol. The molecule has 48 heavy (non-hydrogen) atoms. The highest BCUT2D eigenvalue weighted by molar-refractivity contribution is 7.20. The van der Waals surface area contributed by atoms with E-state index >= 15 is 0 Å². The maximum Gasteiger partial charge on any atom is 0.334 e. The molecule has 1 aliphatic rings. The van der Waals surface area contributed by atoms with Gasteiger partial charge >= 0.3 is 8.56 Å². The molecule has 1 saturated heterocycles. The Morgan fingerprint density at radius 3 is 1.60 bits per heavy atom. The lowest BCUT2D eigenvalue weighted by atomic mass is 9.80. The number of hydrogen-bond acceptors (Lipinski definition) is 6. The van der Waals surface area contributed by atoms with Gasteiger partial charge in [0, 0.05) is 6.00 Å². The Kier molecular flexibility index (Phi) is 13.1. The third-order valence-corrected chi connectivity index (χ3v) is 22.6. The van der Waals surface area contributed by atoms with Gasteiger partial charge < -0.3 is 27.5 Å². The van der Waals surface area contributed by atoms with Gasteiger partial charge in [-0.25, -0.2) is 0 Å². The van der Waals surface area contributed by atoms with Crippen LogP contribution in [-0.2, 0) is 23.6 Å². The third-order valence-electron chi connectivity index (χ3n) is 9.70. The molecule has 0 aromatic heterocycles. The molecule has 260 valence electrons. The molecule has 4 rings (SSSR count). The van der Waals surface area contributed by atoms with E-state index < -0.39 is 33.9 Å². The Balaban J connectivity index is 1.78. The minimum absolute atomic E-state index is 0.154. The minimum atomic E-state index is -2.92. The molecule has 3 aromatic carbocycles. The monoisotopic (exact) mass is 708 g/mol. The first kappa shape index (κ1) is 38.7. The van der Waals surface area contributed by atoms with Gasteiger partial charge in [-0.15, -0.1) is 11.1 Å². The molecule has 1 fully saturated rings. The Hall–Kier alpha value is -2.11. The van der Waals surface area contributed by atoms with Crippen LogP contribution in [0, 0.1) is 0 Å². The van der Waals surface area contributed by atoms with E-state index in [1.807, 2.05) is 42.5 Å². The zero-order valence-corrected chi connectivity index (χ0v) is 33.1. The van der Waals surface area contributed by atoms with Gasteiger partial charge in [-0.3, -0.25) is 0 Å². The van der Waals surface area contributed by atoms with E-state index in [1.165, 1.54) is 0 Å². The van der Waals surface area contributed by atoms with Crippen molar-refractivity contribution in [1.29, 1.82) is 0 Å². The highest BCUT2D eigenvalue weighted by Crippen LogP contribution is 2.47. The van der Waals surface area contributed by atoms with E-state index in [0.29, 0.717) is 6.42 Å². The Labute approximate surface area is 297 Å². The molecule has 3 aromatic rings. The zero-order chi connectivity index (χ0) is 35.3. The topological polar surface area (TPSA) is 55.4 Å². The van der Waals surface area contributed by atoms with E-state index in [9.17, 15) is 0 Å². The van der Waals surface area contributed by atoms with Crippen LogP contribution in [0.2, 0.25) is 22.2 Å². The largest absolute Gasteiger partial charge is 0.497 e. The van der Waals surface area contributed by atoms with Crippen molar-refractivity contribution in [2.45, 2.75) is 108 Å². The average Bonchev–Trinajstić information content (AvgIpc) is 3.43. The van der Waals surface area contributed by atoms with Gasteiger partial charge in [-0.1, -0.05) is 110 Å². The van der Waals surface area contributed by atoms with Crippen LogP contribution >= 0.6 is 11.1 Å². The van der Waals surface area contributed by atoms with Gasteiger partial charge in [-0.2, -0.15) is 0 Å². The second-order valence-electron chi connectivity index (χ2n) is 14.1. The molecule has 0 spiro atoms. The summed E-state index contributed by atoms with van der Waals surface area (Å²) in [7, 11) is 4.24. The van der Waals surface area contributed by atoms with Crippen LogP contribution in [0.4, 0.5) is 0 Å². The summed E-state index contributed by atoms with van der Waals surface area (Å²) >= 11 is 7.47. The second kappa shape index (κ2) is 16.3. The lowest BCUT2D eigenvalue weighted by molar-refractivity contribution is -0.0739. The van der Waals surface area contributed by atoms with Gasteiger partial charge in [-0.05, 0) is 69.5 Å². The number of halogens is 1. The number of hydrogen-bond donors (Lipinski definition) is 0. The van der Waals surface area contributed by atoms with Crippen LogP contribution in [0.25, 0.3) is 0 Å². The molecule has 0 aliphatic carbocycles. The lowest BCUT2D eigenvalue weighted by Crippen LogP contribution is -2.59. The van der Waals surface area contributed by atoms with Crippen LogP contribution in [0.5, 0.6) is 11.5 Å². The van der Waals surface area contributed by atoms with Crippen molar-refractivity contribution in [1.82, 2.24) is 0 Å². The maximum atomic E-state index is 7.47. The van der Waals surface area contributed by atoms with Crippen LogP contribution < -0.4 is 9.47 Å². The molecule has 2 radical (unpaired) electrons. The highest BCUT2D eigenvalue weighted by Gasteiger charge is 2.56. The van der Waals surface area contributed by atoms with Crippen molar-refractivity contribution in [2.24, 2.45) is 0 Å². The van der Waals surface area contributed by atoms with E-state index in [0.717, 1.165) is 28.2 Å². The number of methoxy groups -OCH3 is 2. The standard InChI is InChI=1S/C38H54BClO6Si2/c1-26(2)47(40,27(3)4)46-48(28(5)6,29(7)8)45-35-24-37(39)44-36(35)25-43-38(30-14-12-11-13-15-30,31-16-20-33(41-9)21-17-31)32-18-22-34(42-10)23-19-32/h11-23,26-29,35-37H,24-25H2,1-10H3/t35?,36-,37-/m1/s1. The first-order valence-electron chi connectivity index (χ1n) is 17.2. The van der Waals surface area contributed by atoms with Gasteiger partial charge in [0.05, 0.1) is 26.9 Å². The Morgan fingerprint density at radius 1 is 0.729 bits per heavy atom. The summed E-state index contributed by atoms with van der Waals surface area (Å²) in [6, 6.07) is 25.8. The zero-order valence-electron chi connectivity index (χ0n) is 30.4. The molecule has 1 aliphatic heterocycles. The number of benzene rings is 3. The Morgan fingerprint density at radius 2 is 1.19 bits per heavy atom. The second-order valence-corrected chi connectivity index (χ2v) is 24.3. The van der Waals surface area contributed by atoms with Crippen LogP contribution in [0.15, 0.2) is 78.9 Å². The lowest BCUT2D eigenvalue weighted by Gasteiger charge is -2.47. The quantitative estimate of drug-likeness (QED) is 0.0840. The van der Waals surface area contributed by atoms with Crippen molar-refractivity contribution >= 4 is 35.1 Å². The molecule has 0 amide bonds. The fourth-order valence-electron chi connectivity index (χ4n) is 6.88. The first-order valence-corrected chi connectivity index (χ1v) is 22.2. The predicted octanol–water partition coefficient (Wildman–Crippen LogP) is 9.46. The SMILES string of the molecule is [B][C@H]1CC(O[Si](O[Si](Cl)(C(C)C)C(C)C)(C(C)C)C(C)C)[C@@H](COC(c2ccccc2)(c2ccc(OC)cc2)c2ccc(OC)cc2)O1. The fourth-order valence-corrected chi connectivity index (χ4v) is 17.8. The van der Waals surface area contributed by atoms with Crippen LogP contribution in [0.1, 0.15) is 78.5 Å². The molecule has 1 heterocycles. The van der Waals surface area contributed by atoms with Crippen molar-refractivity contribution in [3.8, 4) is 11.5 Å². The summed E-state index contributed by atoms with van der Waals surface area (Å²) in [6.45, 7) is 17.7. The summed E-state index contributed by atoms with van der Waals surface area (Å²) in [6.07, 6.45) is -0.224. The van der Waals surface area contributed by atoms with Gasteiger partial charge in [0.25, 0.3) is 7.63 Å². The first-order chi connectivity index (χ1) is 22.7. The summed E-state index contributed by atoms with van der Waals surface area (Å²) in [5.74, 6) is 1.53. The summed E-state index contributed by atoms with van der Waals surface area (Å²) < 4.78 is 39.2. The molecule has 3 atom stereocenters. The summed E-state index contributed by atoms with van der Waals surface area (Å²) in [5, 5.41) is 0. The van der Waals surface area contributed by atoms with E-state index in [2.05, 4.69) is 91.8 Å². The van der Waals surface area contributed by atoms with E-state index in [4.69, 9.17) is 46.4 Å². The van der Waals surface area contributed by atoms with E-state index in [-0.39, 0.29) is 34.9 Å². The third kappa shape index (κ3) is 7.93. The molecule has 10 heteroatoms. The molecular weight excluding hydrogens is 655 g/mol. The minimum Gasteiger partial charge on any atom is -0.497 e. The molecule has 6 nitrogen and oxygen atoms in total. The molecule has 0 saturated carbocycles. The van der Waals surface area contributed by atoms with Crippen LogP contribution in [-0.4, -0.2) is 63.1 Å². The number of rotatable bonds is 16. The van der Waals surface area contributed by atoms with Gasteiger partial charge in [0.2, 0.25) is 0 Å². The van der Waals surface area contributed by atoms with E-state index in [1.54, 1.807) is 14.2 Å². The Bertz CT molecular complexity index is 1360. The summed E-state index contributed by atoms with van der Waals surface area (Å²) in [5.41, 5.74) is 2.62. The summed E-state index contributed by atoms with van der Waals surface area (Å²) in [4.78, 5) is 0. The normalized spacial score (nSPS) is 19.1.